The molecule has 28 heavy (non-hydrogen) atoms. The molecule has 2 fully saturated rings. The molecule has 8 heteroatoms. The molecule has 1 saturated heterocycles. The summed E-state index contributed by atoms with van der Waals surface area (Å²) < 4.78 is 38.3. The average Bonchev–Trinajstić information content (AvgIpc) is 2.68. The van der Waals surface area contributed by atoms with E-state index in [1.54, 1.807) is 11.0 Å². The summed E-state index contributed by atoms with van der Waals surface area (Å²) in [6.45, 7) is 0.860. The highest BCUT2D eigenvalue weighted by Crippen LogP contribution is 2.38. The number of amides is 2. The van der Waals surface area contributed by atoms with Crippen LogP contribution < -0.4 is 5.32 Å². The fourth-order valence-electron chi connectivity index (χ4n) is 3.94. The number of benzene rings is 1. The molecular formula is C20H25F3N2O2S. The average molecular weight is 414 g/mol. The zero-order valence-corrected chi connectivity index (χ0v) is 16.5. The highest BCUT2D eigenvalue weighted by atomic mass is 32.2. The highest BCUT2D eigenvalue weighted by molar-refractivity contribution is 8.00. The number of alkyl halides is 3. The molecule has 0 unspecified atom stereocenters. The molecule has 2 amide bonds. The van der Waals surface area contributed by atoms with Gasteiger partial charge in [-0.25, -0.2) is 0 Å². The predicted octanol–water partition coefficient (Wildman–Crippen LogP) is 4.60. The number of rotatable bonds is 4. The standard InChI is InChI=1S/C20H25F3N2O2S/c21-20(22,23)28-17-9-5-4-8-16(17)19(27)25-12-10-15(11-13-25)24-18(26)14-6-2-1-3-7-14/h4-5,8-9,14-15H,1-3,6-7,10-13H2,(H,24,26). The third kappa shape index (κ3) is 5.65. The van der Waals surface area contributed by atoms with E-state index in [-0.39, 0.29) is 46.0 Å². The van der Waals surface area contributed by atoms with E-state index in [9.17, 15) is 22.8 Å². The van der Waals surface area contributed by atoms with Crippen LogP contribution in [0.2, 0.25) is 0 Å². The molecule has 1 N–H and O–H groups in total. The van der Waals surface area contributed by atoms with Crippen LogP contribution >= 0.6 is 11.8 Å². The molecule has 1 heterocycles. The Kier molecular flexibility index (Phi) is 6.91. The van der Waals surface area contributed by atoms with Crippen molar-refractivity contribution in [2.75, 3.05) is 13.1 Å². The summed E-state index contributed by atoms with van der Waals surface area (Å²) in [5, 5.41) is 3.10. The van der Waals surface area contributed by atoms with Gasteiger partial charge in [-0.2, -0.15) is 13.2 Å². The molecule has 0 bridgehead atoms. The summed E-state index contributed by atoms with van der Waals surface area (Å²) in [5.41, 5.74) is -4.36. The Morgan fingerprint density at radius 1 is 1.00 bits per heavy atom. The van der Waals surface area contributed by atoms with Crippen LogP contribution in [-0.4, -0.2) is 41.4 Å². The van der Waals surface area contributed by atoms with Crippen LogP contribution in [0.25, 0.3) is 0 Å². The maximum atomic E-state index is 12.8. The maximum Gasteiger partial charge on any atom is 0.446 e. The van der Waals surface area contributed by atoms with Crippen LogP contribution in [0.15, 0.2) is 29.2 Å². The van der Waals surface area contributed by atoms with Gasteiger partial charge < -0.3 is 10.2 Å². The van der Waals surface area contributed by atoms with Gasteiger partial charge >= 0.3 is 5.51 Å². The van der Waals surface area contributed by atoms with E-state index in [4.69, 9.17) is 0 Å². The molecule has 0 radical (unpaired) electrons. The van der Waals surface area contributed by atoms with Crippen LogP contribution in [0.4, 0.5) is 13.2 Å². The number of carbonyl (C=O) groups excluding carboxylic acids is 2. The lowest BCUT2D eigenvalue weighted by atomic mass is 9.88. The Morgan fingerprint density at radius 3 is 2.29 bits per heavy atom. The second-order valence-corrected chi connectivity index (χ2v) is 8.56. The van der Waals surface area contributed by atoms with Crippen LogP contribution in [0, 0.1) is 5.92 Å². The van der Waals surface area contributed by atoms with E-state index >= 15 is 0 Å². The van der Waals surface area contributed by atoms with E-state index in [1.807, 2.05) is 0 Å². The van der Waals surface area contributed by atoms with E-state index < -0.39 is 5.51 Å². The Bertz CT molecular complexity index is 697. The first-order chi connectivity index (χ1) is 13.3. The largest absolute Gasteiger partial charge is 0.446 e. The van der Waals surface area contributed by atoms with Gasteiger partial charge in [0.25, 0.3) is 5.91 Å². The van der Waals surface area contributed by atoms with Crippen LogP contribution in [0.3, 0.4) is 0 Å². The SMILES string of the molecule is O=C(NC1CCN(C(=O)c2ccccc2SC(F)(F)F)CC1)C1CCCCC1. The van der Waals surface area contributed by atoms with Gasteiger partial charge in [-0.15, -0.1) is 0 Å². The van der Waals surface area contributed by atoms with E-state index in [0.717, 1.165) is 25.7 Å². The summed E-state index contributed by atoms with van der Waals surface area (Å²) in [6, 6.07) is 5.86. The molecule has 1 aromatic carbocycles. The summed E-state index contributed by atoms with van der Waals surface area (Å²) in [4.78, 5) is 26.6. The minimum absolute atomic E-state index is 0.0262. The van der Waals surface area contributed by atoms with Crippen LogP contribution in [0.5, 0.6) is 0 Å². The van der Waals surface area contributed by atoms with Gasteiger partial charge in [0.05, 0.1) is 5.56 Å². The molecule has 1 aliphatic heterocycles. The molecule has 2 aliphatic rings. The van der Waals surface area contributed by atoms with E-state index in [1.165, 1.54) is 24.6 Å². The zero-order valence-electron chi connectivity index (χ0n) is 15.6. The predicted molar refractivity (Wildman–Crippen MR) is 102 cm³/mol. The smallest absolute Gasteiger partial charge is 0.353 e. The summed E-state index contributed by atoms with van der Waals surface area (Å²) in [5.74, 6) is -0.180. The fraction of sp³-hybridized carbons (Fsp3) is 0.600. The van der Waals surface area contributed by atoms with Crippen molar-refractivity contribution in [3.8, 4) is 0 Å². The number of hydrogen-bond donors (Lipinski definition) is 1. The van der Waals surface area contributed by atoms with Crippen molar-refractivity contribution < 1.29 is 22.8 Å². The molecule has 1 aromatic rings. The van der Waals surface area contributed by atoms with Gasteiger partial charge in [0.2, 0.25) is 5.91 Å². The quantitative estimate of drug-likeness (QED) is 0.733. The fourth-order valence-corrected chi connectivity index (χ4v) is 4.60. The number of nitrogens with zero attached hydrogens (tertiary/aromatic N) is 1. The van der Waals surface area contributed by atoms with Crippen molar-refractivity contribution in [1.29, 1.82) is 0 Å². The summed E-state index contributed by atoms with van der Waals surface area (Å²) in [7, 11) is 0. The van der Waals surface area contributed by atoms with Crippen molar-refractivity contribution >= 4 is 23.6 Å². The second kappa shape index (κ2) is 9.20. The number of likely N-dealkylation sites (tertiary alicyclic amines) is 1. The van der Waals surface area contributed by atoms with E-state index in [0.29, 0.717) is 25.9 Å². The monoisotopic (exact) mass is 414 g/mol. The highest BCUT2D eigenvalue weighted by Gasteiger charge is 2.33. The first kappa shape index (κ1) is 21.0. The Balaban J connectivity index is 1.55. The summed E-state index contributed by atoms with van der Waals surface area (Å²) in [6.07, 6.45) is 6.52. The number of nitrogens with one attached hydrogen (secondary N) is 1. The van der Waals surface area contributed by atoms with E-state index in [2.05, 4.69) is 5.32 Å². The number of thioether (sulfide) groups is 1. The van der Waals surface area contributed by atoms with Gasteiger partial charge in [-0.1, -0.05) is 31.4 Å². The Morgan fingerprint density at radius 2 is 1.64 bits per heavy atom. The molecule has 1 aliphatic carbocycles. The number of halogens is 3. The lowest BCUT2D eigenvalue weighted by molar-refractivity contribution is -0.126. The van der Waals surface area contributed by atoms with Crippen molar-refractivity contribution in [2.45, 2.75) is 61.4 Å². The first-order valence-electron chi connectivity index (χ1n) is 9.78. The normalized spacial score (nSPS) is 19.5. The van der Waals surface area contributed by atoms with Crippen LogP contribution in [0.1, 0.15) is 55.3 Å². The number of carbonyl (C=O) groups is 2. The number of piperidine rings is 1. The van der Waals surface area contributed by atoms with Gasteiger partial charge in [-0.3, -0.25) is 9.59 Å². The molecule has 0 aromatic heterocycles. The van der Waals surface area contributed by atoms with Gasteiger partial charge in [0.15, 0.2) is 0 Å². The minimum Gasteiger partial charge on any atom is -0.353 e. The van der Waals surface area contributed by atoms with Gasteiger partial charge in [0.1, 0.15) is 0 Å². The molecule has 4 nitrogen and oxygen atoms in total. The molecule has 0 spiro atoms. The van der Waals surface area contributed by atoms with Crippen molar-refractivity contribution in [3.05, 3.63) is 29.8 Å². The first-order valence-corrected chi connectivity index (χ1v) is 10.6. The zero-order chi connectivity index (χ0) is 20.1. The van der Waals surface area contributed by atoms with Gasteiger partial charge in [0, 0.05) is 29.9 Å². The third-order valence-corrected chi connectivity index (χ3v) is 6.26. The molecular weight excluding hydrogens is 389 g/mol. The molecule has 0 atom stereocenters. The van der Waals surface area contributed by atoms with Crippen LogP contribution in [-0.2, 0) is 4.79 Å². The lowest BCUT2D eigenvalue weighted by Gasteiger charge is -2.34. The molecule has 154 valence electrons. The lowest BCUT2D eigenvalue weighted by Crippen LogP contribution is -2.48. The van der Waals surface area contributed by atoms with Crippen molar-refractivity contribution in [2.24, 2.45) is 5.92 Å². The summed E-state index contributed by atoms with van der Waals surface area (Å²) >= 11 is -0.260. The second-order valence-electron chi connectivity index (χ2n) is 7.45. The Hall–Kier alpha value is -1.70. The number of hydrogen-bond acceptors (Lipinski definition) is 3. The maximum absolute atomic E-state index is 12.8. The van der Waals surface area contributed by atoms with Gasteiger partial charge in [-0.05, 0) is 49.6 Å². The Labute approximate surface area is 167 Å². The van der Waals surface area contributed by atoms with Crippen molar-refractivity contribution in [3.63, 3.8) is 0 Å². The topological polar surface area (TPSA) is 49.4 Å². The molecule has 3 rings (SSSR count). The third-order valence-electron chi connectivity index (χ3n) is 5.45. The van der Waals surface area contributed by atoms with Crippen molar-refractivity contribution in [1.82, 2.24) is 10.2 Å². The minimum atomic E-state index is -4.44. The molecule has 1 saturated carbocycles.